The van der Waals surface area contributed by atoms with Gasteiger partial charge in [0.2, 0.25) is 0 Å². The standard InChI is InChI=1S/C15H21N3O2/c1-4-12(16)15(11-9-17-18(2)10-11)20-14-8-6-5-7-13(14)19-3/h5-10,12,15H,4,16H2,1-3H3. The van der Waals surface area contributed by atoms with E-state index in [-0.39, 0.29) is 12.1 Å². The molecular formula is C15H21N3O2. The Morgan fingerprint density at radius 2 is 2.00 bits per heavy atom. The molecule has 0 bridgehead atoms. The molecule has 5 nitrogen and oxygen atoms in total. The molecule has 0 aliphatic rings. The number of nitrogens with zero attached hydrogens (tertiary/aromatic N) is 2. The first-order valence-corrected chi connectivity index (χ1v) is 6.69. The fourth-order valence-electron chi connectivity index (χ4n) is 2.06. The van der Waals surface area contributed by atoms with E-state index < -0.39 is 0 Å². The normalized spacial score (nSPS) is 13.8. The van der Waals surface area contributed by atoms with Gasteiger partial charge >= 0.3 is 0 Å². The second-order valence-electron chi connectivity index (χ2n) is 4.71. The van der Waals surface area contributed by atoms with Crippen molar-refractivity contribution in [3.05, 3.63) is 42.2 Å². The van der Waals surface area contributed by atoms with E-state index in [1.165, 1.54) is 0 Å². The quantitative estimate of drug-likeness (QED) is 0.878. The summed E-state index contributed by atoms with van der Waals surface area (Å²) in [6, 6.07) is 7.46. The summed E-state index contributed by atoms with van der Waals surface area (Å²) in [5, 5.41) is 4.19. The lowest BCUT2D eigenvalue weighted by Crippen LogP contribution is -2.31. The molecule has 0 spiro atoms. The minimum absolute atomic E-state index is 0.107. The van der Waals surface area contributed by atoms with E-state index in [4.69, 9.17) is 15.2 Å². The van der Waals surface area contributed by atoms with Crippen LogP contribution in [0.25, 0.3) is 0 Å². The van der Waals surface area contributed by atoms with Gasteiger partial charge in [0, 0.05) is 24.8 Å². The summed E-state index contributed by atoms with van der Waals surface area (Å²) in [4.78, 5) is 0. The number of rotatable bonds is 6. The van der Waals surface area contributed by atoms with Crippen LogP contribution in [0.2, 0.25) is 0 Å². The molecule has 2 N–H and O–H groups in total. The molecule has 0 saturated heterocycles. The van der Waals surface area contributed by atoms with Crippen LogP contribution in [-0.2, 0) is 7.05 Å². The third kappa shape index (κ3) is 3.11. The number of ether oxygens (including phenoxy) is 2. The molecule has 2 atom stereocenters. The molecule has 2 rings (SSSR count). The average molecular weight is 275 g/mol. The van der Waals surface area contributed by atoms with E-state index in [9.17, 15) is 0 Å². The van der Waals surface area contributed by atoms with Crippen LogP contribution in [-0.4, -0.2) is 22.9 Å². The van der Waals surface area contributed by atoms with Gasteiger partial charge in [0.05, 0.1) is 13.3 Å². The third-order valence-electron chi connectivity index (χ3n) is 3.24. The number of hydrogen-bond donors (Lipinski definition) is 1. The number of para-hydroxylation sites is 2. The van der Waals surface area contributed by atoms with Crippen LogP contribution < -0.4 is 15.2 Å². The van der Waals surface area contributed by atoms with Gasteiger partial charge in [0.25, 0.3) is 0 Å². The number of methoxy groups -OCH3 is 1. The summed E-state index contributed by atoms with van der Waals surface area (Å²) in [6.07, 6.45) is 4.28. The lowest BCUT2D eigenvalue weighted by molar-refractivity contribution is 0.164. The fraction of sp³-hybridized carbons (Fsp3) is 0.400. The number of aromatic nitrogens is 2. The molecule has 1 heterocycles. The zero-order chi connectivity index (χ0) is 14.5. The Labute approximate surface area is 119 Å². The van der Waals surface area contributed by atoms with Crippen LogP contribution in [0.1, 0.15) is 25.0 Å². The van der Waals surface area contributed by atoms with Crippen LogP contribution in [0.4, 0.5) is 0 Å². The molecule has 0 aliphatic heterocycles. The zero-order valence-electron chi connectivity index (χ0n) is 12.1. The molecule has 0 fully saturated rings. The summed E-state index contributed by atoms with van der Waals surface area (Å²) in [6.45, 7) is 2.04. The zero-order valence-corrected chi connectivity index (χ0v) is 12.1. The van der Waals surface area contributed by atoms with Crippen molar-refractivity contribution in [1.82, 2.24) is 9.78 Å². The van der Waals surface area contributed by atoms with E-state index in [2.05, 4.69) is 5.10 Å². The fourth-order valence-corrected chi connectivity index (χ4v) is 2.06. The summed E-state index contributed by atoms with van der Waals surface area (Å²) in [5.74, 6) is 1.39. The lowest BCUT2D eigenvalue weighted by atomic mass is 10.0. The highest BCUT2D eigenvalue weighted by atomic mass is 16.5. The second kappa shape index (κ2) is 6.43. The molecule has 0 radical (unpaired) electrons. The first-order chi connectivity index (χ1) is 9.65. The van der Waals surface area contributed by atoms with Gasteiger partial charge in [-0.2, -0.15) is 5.10 Å². The predicted octanol–water partition coefficient (Wildman–Crippen LogP) is 2.29. The molecule has 2 unspecified atom stereocenters. The van der Waals surface area contributed by atoms with Gasteiger partial charge in [0.1, 0.15) is 6.10 Å². The summed E-state index contributed by atoms with van der Waals surface area (Å²) in [5.41, 5.74) is 7.16. The van der Waals surface area contributed by atoms with Crippen molar-refractivity contribution in [2.24, 2.45) is 12.8 Å². The van der Waals surface area contributed by atoms with Crippen molar-refractivity contribution in [2.75, 3.05) is 7.11 Å². The van der Waals surface area contributed by atoms with Gasteiger partial charge in [-0.25, -0.2) is 0 Å². The van der Waals surface area contributed by atoms with Crippen molar-refractivity contribution in [3.63, 3.8) is 0 Å². The Kier molecular flexibility index (Phi) is 4.63. The van der Waals surface area contributed by atoms with E-state index in [1.807, 2.05) is 44.4 Å². The summed E-state index contributed by atoms with van der Waals surface area (Å²) in [7, 11) is 3.50. The van der Waals surface area contributed by atoms with Gasteiger partial charge < -0.3 is 15.2 Å². The van der Waals surface area contributed by atoms with Crippen LogP contribution in [0, 0.1) is 0 Å². The highest BCUT2D eigenvalue weighted by molar-refractivity contribution is 5.40. The molecular weight excluding hydrogens is 254 g/mol. The number of nitrogens with two attached hydrogens (primary N) is 1. The Morgan fingerprint density at radius 1 is 1.30 bits per heavy atom. The van der Waals surface area contributed by atoms with E-state index in [0.717, 1.165) is 12.0 Å². The average Bonchev–Trinajstić information content (AvgIpc) is 2.90. The van der Waals surface area contributed by atoms with E-state index in [1.54, 1.807) is 18.0 Å². The second-order valence-corrected chi connectivity index (χ2v) is 4.71. The van der Waals surface area contributed by atoms with Gasteiger partial charge in [-0.1, -0.05) is 19.1 Å². The van der Waals surface area contributed by atoms with Gasteiger partial charge in [-0.3, -0.25) is 4.68 Å². The molecule has 1 aromatic heterocycles. The van der Waals surface area contributed by atoms with Crippen LogP contribution in [0.15, 0.2) is 36.7 Å². The maximum absolute atomic E-state index is 6.20. The molecule has 1 aromatic carbocycles. The van der Waals surface area contributed by atoms with Crippen molar-refractivity contribution < 1.29 is 9.47 Å². The first-order valence-electron chi connectivity index (χ1n) is 6.69. The summed E-state index contributed by atoms with van der Waals surface area (Å²) >= 11 is 0. The maximum Gasteiger partial charge on any atom is 0.162 e. The topological polar surface area (TPSA) is 62.3 Å². The molecule has 5 heteroatoms. The van der Waals surface area contributed by atoms with Crippen molar-refractivity contribution in [2.45, 2.75) is 25.5 Å². The highest BCUT2D eigenvalue weighted by Gasteiger charge is 2.23. The van der Waals surface area contributed by atoms with E-state index in [0.29, 0.717) is 11.5 Å². The number of benzene rings is 1. The smallest absolute Gasteiger partial charge is 0.162 e. The molecule has 0 aliphatic carbocycles. The van der Waals surface area contributed by atoms with Gasteiger partial charge in [-0.05, 0) is 18.6 Å². The van der Waals surface area contributed by atoms with Crippen molar-refractivity contribution >= 4 is 0 Å². The number of hydrogen-bond acceptors (Lipinski definition) is 4. The number of aryl methyl sites for hydroxylation is 1. The summed E-state index contributed by atoms with van der Waals surface area (Å²) < 4.78 is 13.1. The Hall–Kier alpha value is -2.01. The third-order valence-corrected chi connectivity index (χ3v) is 3.24. The Bertz CT molecular complexity index is 554. The first kappa shape index (κ1) is 14.4. The predicted molar refractivity (Wildman–Crippen MR) is 77.8 cm³/mol. The van der Waals surface area contributed by atoms with Crippen molar-refractivity contribution in [1.29, 1.82) is 0 Å². The molecule has 0 amide bonds. The lowest BCUT2D eigenvalue weighted by Gasteiger charge is -2.24. The molecule has 2 aromatic rings. The highest BCUT2D eigenvalue weighted by Crippen LogP contribution is 2.32. The van der Waals surface area contributed by atoms with Crippen LogP contribution in [0.5, 0.6) is 11.5 Å². The molecule has 20 heavy (non-hydrogen) atoms. The molecule has 108 valence electrons. The minimum Gasteiger partial charge on any atom is -0.493 e. The van der Waals surface area contributed by atoms with Crippen molar-refractivity contribution in [3.8, 4) is 11.5 Å². The van der Waals surface area contributed by atoms with Gasteiger partial charge in [0.15, 0.2) is 11.5 Å². The Morgan fingerprint density at radius 3 is 2.55 bits per heavy atom. The van der Waals surface area contributed by atoms with Crippen LogP contribution in [0.3, 0.4) is 0 Å². The minimum atomic E-state index is -0.245. The Balaban J connectivity index is 2.28. The van der Waals surface area contributed by atoms with Gasteiger partial charge in [-0.15, -0.1) is 0 Å². The monoisotopic (exact) mass is 275 g/mol. The largest absolute Gasteiger partial charge is 0.493 e. The van der Waals surface area contributed by atoms with E-state index >= 15 is 0 Å². The maximum atomic E-state index is 6.20. The SMILES string of the molecule is CCC(N)C(Oc1ccccc1OC)c1cnn(C)c1. The molecule has 0 saturated carbocycles. The van der Waals surface area contributed by atoms with Crippen LogP contribution >= 0.6 is 0 Å².